The quantitative estimate of drug-likeness (QED) is 0.561. The van der Waals surface area contributed by atoms with Crippen LogP contribution in [-0.2, 0) is 14.8 Å². The van der Waals surface area contributed by atoms with Crippen molar-refractivity contribution in [2.75, 3.05) is 32.6 Å². The minimum Gasteiger partial charge on any atom is -0.489 e. The molecule has 0 fully saturated rings. The lowest BCUT2D eigenvalue weighted by Gasteiger charge is -2.10. The zero-order chi connectivity index (χ0) is 13.6. The maximum atomic E-state index is 11.6. The van der Waals surface area contributed by atoms with Crippen molar-refractivity contribution in [1.29, 1.82) is 0 Å². The first-order chi connectivity index (χ1) is 8.51. The van der Waals surface area contributed by atoms with Crippen molar-refractivity contribution in [3.05, 3.63) is 18.2 Å². The van der Waals surface area contributed by atoms with Crippen LogP contribution in [0.2, 0.25) is 0 Å². The average Bonchev–Trinajstić information content (AvgIpc) is 2.36. The van der Waals surface area contributed by atoms with E-state index in [1.807, 2.05) is 6.92 Å². The van der Waals surface area contributed by atoms with E-state index in [-0.39, 0.29) is 4.90 Å². The van der Waals surface area contributed by atoms with Gasteiger partial charge in [0.1, 0.15) is 12.4 Å². The van der Waals surface area contributed by atoms with Crippen LogP contribution in [0.5, 0.6) is 5.75 Å². The predicted octanol–water partition coefficient (Wildman–Crippen LogP) is 0.592. The van der Waals surface area contributed by atoms with E-state index < -0.39 is 10.0 Å². The highest BCUT2D eigenvalue weighted by atomic mass is 32.2. The van der Waals surface area contributed by atoms with Crippen molar-refractivity contribution in [3.8, 4) is 5.75 Å². The Hall–Kier alpha value is -1.31. The Morgan fingerprint density at radius 1 is 1.33 bits per heavy atom. The van der Waals surface area contributed by atoms with Gasteiger partial charge in [-0.25, -0.2) is 13.1 Å². The van der Waals surface area contributed by atoms with Crippen LogP contribution in [0.3, 0.4) is 0 Å². The molecule has 0 unspecified atom stereocenters. The topological polar surface area (TPSA) is 90.6 Å². The summed E-state index contributed by atoms with van der Waals surface area (Å²) >= 11 is 0. The van der Waals surface area contributed by atoms with Crippen LogP contribution in [0, 0.1) is 0 Å². The number of nitrogens with one attached hydrogen (secondary N) is 1. The molecule has 0 saturated heterocycles. The molecule has 0 aliphatic heterocycles. The number of nitrogen functional groups attached to an aromatic ring is 1. The van der Waals surface area contributed by atoms with E-state index in [0.29, 0.717) is 31.3 Å². The predicted molar refractivity (Wildman–Crippen MR) is 69.1 cm³/mol. The van der Waals surface area contributed by atoms with Crippen molar-refractivity contribution in [2.24, 2.45) is 0 Å². The van der Waals surface area contributed by atoms with Gasteiger partial charge in [0.05, 0.1) is 17.2 Å². The highest BCUT2D eigenvalue weighted by Crippen LogP contribution is 2.24. The molecule has 0 aliphatic carbocycles. The van der Waals surface area contributed by atoms with Crippen molar-refractivity contribution in [2.45, 2.75) is 11.8 Å². The molecule has 0 heterocycles. The first kappa shape index (κ1) is 14.7. The van der Waals surface area contributed by atoms with Gasteiger partial charge in [-0.15, -0.1) is 0 Å². The van der Waals surface area contributed by atoms with Crippen LogP contribution < -0.4 is 15.2 Å². The molecule has 0 radical (unpaired) electrons. The zero-order valence-corrected chi connectivity index (χ0v) is 11.3. The molecule has 7 heteroatoms. The van der Waals surface area contributed by atoms with Gasteiger partial charge in [0.2, 0.25) is 10.0 Å². The van der Waals surface area contributed by atoms with E-state index in [1.165, 1.54) is 25.2 Å². The Balaban J connectivity index is 2.82. The van der Waals surface area contributed by atoms with Gasteiger partial charge in [0.15, 0.2) is 0 Å². The van der Waals surface area contributed by atoms with E-state index in [1.54, 1.807) is 0 Å². The summed E-state index contributed by atoms with van der Waals surface area (Å²) in [7, 11) is -2.14. The lowest BCUT2D eigenvalue weighted by Crippen LogP contribution is -2.18. The van der Waals surface area contributed by atoms with E-state index in [4.69, 9.17) is 15.2 Å². The maximum absolute atomic E-state index is 11.6. The first-order valence-electron chi connectivity index (χ1n) is 5.55. The highest BCUT2D eigenvalue weighted by Gasteiger charge is 2.13. The number of ether oxygens (including phenoxy) is 2. The van der Waals surface area contributed by atoms with Gasteiger partial charge in [-0.3, -0.25) is 0 Å². The summed E-state index contributed by atoms with van der Waals surface area (Å²) in [6.45, 7) is 3.24. The number of hydrogen-bond donors (Lipinski definition) is 2. The SMILES string of the molecule is CCOCCOc1cc(S(=O)(=O)NC)ccc1N. The molecule has 0 aliphatic rings. The van der Waals surface area contributed by atoms with E-state index in [2.05, 4.69) is 4.72 Å². The second-order valence-electron chi connectivity index (χ2n) is 3.45. The smallest absolute Gasteiger partial charge is 0.240 e. The molecule has 1 aromatic carbocycles. The van der Waals surface area contributed by atoms with E-state index in [0.717, 1.165) is 0 Å². The Bertz CT molecular complexity index is 488. The zero-order valence-electron chi connectivity index (χ0n) is 10.5. The average molecular weight is 274 g/mol. The molecule has 1 rings (SSSR count). The summed E-state index contributed by atoms with van der Waals surface area (Å²) in [4.78, 5) is 0.116. The number of benzene rings is 1. The van der Waals surface area contributed by atoms with Gasteiger partial charge < -0.3 is 15.2 Å². The van der Waals surface area contributed by atoms with E-state index in [9.17, 15) is 8.42 Å². The monoisotopic (exact) mass is 274 g/mol. The molecule has 3 N–H and O–H groups in total. The van der Waals surface area contributed by atoms with Gasteiger partial charge >= 0.3 is 0 Å². The second-order valence-corrected chi connectivity index (χ2v) is 5.34. The summed E-state index contributed by atoms with van der Waals surface area (Å²) in [5, 5.41) is 0. The molecular formula is C11H18N2O4S. The van der Waals surface area contributed by atoms with Crippen LogP contribution >= 0.6 is 0 Å². The molecule has 0 atom stereocenters. The summed E-state index contributed by atoms with van der Waals surface area (Å²) in [5.41, 5.74) is 6.10. The third-order valence-electron chi connectivity index (χ3n) is 2.25. The normalized spacial score (nSPS) is 11.4. The number of hydrogen-bond acceptors (Lipinski definition) is 5. The Labute approximate surface area is 107 Å². The molecule has 18 heavy (non-hydrogen) atoms. The van der Waals surface area contributed by atoms with Gasteiger partial charge in [-0.1, -0.05) is 0 Å². The third-order valence-corrected chi connectivity index (χ3v) is 3.67. The fourth-order valence-electron chi connectivity index (χ4n) is 1.28. The first-order valence-corrected chi connectivity index (χ1v) is 7.03. The van der Waals surface area contributed by atoms with Gasteiger partial charge in [-0.2, -0.15) is 0 Å². The molecule has 0 spiro atoms. The standard InChI is InChI=1S/C11H18N2O4S/c1-3-16-6-7-17-11-8-9(4-5-10(11)12)18(14,15)13-2/h4-5,8,13H,3,6-7,12H2,1-2H3. The molecule has 102 valence electrons. The number of anilines is 1. The van der Waals surface area contributed by atoms with Crippen molar-refractivity contribution >= 4 is 15.7 Å². The van der Waals surface area contributed by atoms with Gasteiger partial charge in [-0.05, 0) is 26.1 Å². The fraction of sp³-hybridized carbons (Fsp3) is 0.455. The molecule has 0 saturated carbocycles. The van der Waals surface area contributed by atoms with E-state index >= 15 is 0 Å². The summed E-state index contributed by atoms with van der Waals surface area (Å²) in [6.07, 6.45) is 0. The van der Waals surface area contributed by atoms with Crippen LogP contribution in [0.25, 0.3) is 0 Å². The summed E-state index contributed by atoms with van der Waals surface area (Å²) < 4.78 is 35.9. The molecule has 0 amide bonds. The largest absolute Gasteiger partial charge is 0.489 e. The van der Waals surface area contributed by atoms with Crippen LogP contribution in [0.1, 0.15) is 6.92 Å². The van der Waals surface area contributed by atoms with Crippen molar-refractivity contribution in [3.63, 3.8) is 0 Å². The summed E-state index contributed by atoms with van der Waals surface area (Å²) in [6, 6.07) is 4.32. The van der Waals surface area contributed by atoms with Crippen LogP contribution in [0.15, 0.2) is 23.1 Å². The lowest BCUT2D eigenvalue weighted by molar-refractivity contribution is 0.110. The van der Waals surface area contributed by atoms with Crippen LogP contribution in [-0.4, -0.2) is 35.3 Å². The van der Waals surface area contributed by atoms with Gasteiger partial charge in [0.25, 0.3) is 0 Å². The number of rotatable bonds is 7. The van der Waals surface area contributed by atoms with Gasteiger partial charge in [0, 0.05) is 12.7 Å². The Morgan fingerprint density at radius 3 is 2.67 bits per heavy atom. The van der Waals surface area contributed by atoms with Crippen LogP contribution in [0.4, 0.5) is 5.69 Å². The minimum atomic E-state index is -3.49. The maximum Gasteiger partial charge on any atom is 0.240 e. The second kappa shape index (κ2) is 6.58. The summed E-state index contributed by atoms with van der Waals surface area (Å²) in [5.74, 6) is 0.339. The lowest BCUT2D eigenvalue weighted by atomic mass is 10.3. The molecule has 1 aromatic rings. The van der Waals surface area contributed by atoms with Crippen molar-refractivity contribution in [1.82, 2.24) is 4.72 Å². The number of sulfonamides is 1. The number of nitrogens with two attached hydrogens (primary N) is 1. The Kier molecular flexibility index (Phi) is 5.39. The fourth-order valence-corrected chi connectivity index (χ4v) is 2.02. The third kappa shape index (κ3) is 3.86. The molecule has 0 aromatic heterocycles. The molecule has 0 bridgehead atoms. The minimum absolute atomic E-state index is 0.116. The molecule has 6 nitrogen and oxygen atoms in total. The highest BCUT2D eigenvalue weighted by molar-refractivity contribution is 7.89. The Morgan fingerprint density at radius 2 is 2.06 bits per heavy atom. The molecular weight excluding hydrogens is 256 g/mol. The van der Waals surface area contributed by atoms with Crippen molar-refractivity contribution < 1.29 is 17.9 Å².